The van der Waals surface area contributed by atoms with Gasteiger partial charge in [-0.15, -0.1) is 0 Å². The first kappa shape index (κ1) is 28.3. The molecular formula is C20H31F3N4O4. The number of halogens is 3. The van der Waals surface area contributed by atoms with Crippen molar-refractivity contribution >= 4 is 17.8 Å². The Morgan fingerprint density at radius 3 is 2.10 bits per heavy atom. The topological polar surface area (TPSA) is 134 Å². The Morgan fingerprint density at radius 1 is 1.10 bits per heavy atom. The molecule has 0 unspecified atom stereocenters. The predicted octanol–water partition coefficient (Wildman–Crippen LogP) is 1.20. The fraction of sp³-hybridized carbons (Fsp3) is 0.550. The van der Waals surface area contributed by atoms with E-state index in [1.165, 1.54) is 5.56 Å². The van der Waals surface area contributed by atoms with E-state index in [4.69, 9.17) is 15.6 Å². The van der Waals surface area contributed by atoms with Gasteiger partial charge < -0.3 is 26.8 Å². The predicted molar refractivity (Wildman–Crippen MR) is 110 cm³/mol. The minimum Gasteiger partial charge on any atom is -0.475 e. The molecule has 6 N–H and O–H groups in total. The van der Waals surface area contributed by atoms with Crippen LogP contribution >= 0.6 is 0 Å². The van der Waals surface area contributed by atoms with Gasteiger partial charge in [-0.1, -0.05) is 37.3 Å². The van der Waals surface area contributed by atoms with E-state index in [0.29, 0.717) is 19.5 Å². The lowest BCUT2D eigenvalue weighted by Crippen LogP contribution is -2.53. The fourth-order valence-electron chi connectivity index (χ4n) is 2.36. The molecule has 1 rings (SSSR count). The SMILES string of the molecule is CCNC(=O)[C@H](CC)NC(=O)[C@H](C)NC[C@@H](N)Cc1ccccc1.O=C(O)C(F)(F)F. The Balaban J connectivity index is 0.00000110. The van der Waals surface area contributed by atoms with Crippen LogP contribution in [0.3, 0.4) is 0 Å². The molecule has 0 radical (unpaired) electrons. The Bertz CT molecular complexity index is 687. The van der Waals surface area contributed by atoms with E-state index in [1.807, 2.05) is 44.2 Å². The molecule has 3 atom stereocenters. The number of carboxylic acids is 1. The normalized spacial score (nSPS) is 13.8. The van der Waals surface area contributed by atoms with Gasteiger partial charge in [-0.05, 0) is 32.3 Å². The zero-order chi connectivity index (χ0) is 24.0. The Morgan fingerprint density at radius 2 is 1.65 bits per heavy atom. The van der Waals surface area contributed by atoms with Gasteiger partial charge >= 0.3 is 12.1 Å². The molecule has 1 aromatic carbocycles. The van der Waals surface area contributed by atoms with Crippen LogP contribution in [0.5, 0.6) is 0 Å². The number of benzene rings is 1. The van der Waals surface area contributed by atoms with Gasteiger partial charge in [0.2, 0.25) is 11.8 Å². The zero-order valence-corrected chi connectivity index (χ0v) is 17.8. The van der Waals surface area contributed by atoms with E-state index in [9.17, 15) is 22.8 Å². The zero-order valence-electron chi connectivity index (χ0n) is 17.8. The summed E-state index contributed by atoms with van der Waals surface area (Å²) >= 11 is 0. The number of alkyl halides is 3. The van der Waals surface area contributed by atoms with Gasteiger partial charge in [-0.25, -0.2) is 4.79 Å². The third-order valence-corrected chi connectivity index (χ3v) is 4.05. The number of hydrogen-bond donors (Lipinski definition) is 5. The van der Waals surface area contributed by atoms with Crippen molar-refractivity contribution in [2.75, 3.05) is 13.1 Å². The Hall–Kier alpha value is -2.66. The van der Waals surface area contributed by atoms with E-state index < -0.39 is 24.2 Å². The van der Waals surface area contributed by atoms with Crippen LogP contribution in [0.25, 0.3) is 0 Å². The van der Waals surface area contributed by atoms with Crippen LogP contribution in [0.1, 0.15) is 32.8 Å². The van der Waals surface area contributed by atoms with Crippen molar-refractivity contribution in [1.29, 1.82) is 0 Å². The molecule has 0 heterocycles. The number of nitrogens with two attached hydrogens (primary N) is 1. The van der Waals surface area contributed by atoms with Gasteiger partial charge in [0, 0.05) is 19.1 Å². The molecule has 0 bridgehead atoms. The highest BCUT2D eigenvalue weighted by Gasteiger charge is 2.38. The van der Waals surface area contributed by atoms with Gasteiger partial charge in [0.1, 0.15) is 6.04 Å². The second-order valence-electron chi connectivity index (χ2n) is 6.75. The lowest BCUT2D eigenvalue weighted by molar-refractivity contribution is -0.192. The number of likely N-dealkylation sites (N-methyl/N-ethyl adjacent to an activating group) is 1. The number of hydrogen-bond acceptors (Lipinski definition) is 5. The standard InChI is InChI=1S/C18H30N4O2.C2HF3O2/c1-4-16(18(24)20-5-2)22-17(23)13(3)21-12-15(19)11-14-9-7-6-8-10-14;3-2(4,5)1(6)7/h6-10,13,15-16,21H,4-5,11-12,19H2,1-3H3,(H,20,24)(H,22,23);(H,6,7)/t13-,15-,16-;/m0./s1. The van der Waals surface area contributed by atoms with Crippen molar-refractivity contribution in [3.8, 4) is 0 Å². The monoisotopic (exact) mass is 448 g/mol. The first-order valence-electron chi connectivity index (χ1n) is 9.83. The van der Waals surface area contributed by atoms with Crippen molar-refractivity contribution in [2.24, 2.45) is 5.73 Å². The molecule has 0 aliphatic heterocycles. The molecule has 0 aliphatic carbocycles. The van der Waals surface area contributed by atoms with Gasteiger partial charge in [0.05, 0.1) is 6.04 Å². The van der Waals surface area contributed by atoms with Gasteiger partial charge in [-0.2, -0.15) is 13.2 Å². The van der Waals surface area contributed by atoms with Crippen molar-refractivity contribution in [3.63, 3.8) is 0 Å². The number of rotatable bonds is 10. The molecule has 0 aliphatic rings. The molecule has 0 spiro atoms. The highest BCUT2D eigenvalue weighted by molar-refractivity contribution is 5.89. The number of carbonyl (C=O) groups is 3. The van der Waals surface area contributed by atoms with E-state index in [0.717, 1.165) is 6.42 Å². The van der Waals surface area contributed by atoms with Crippen LogP contribution in [0.15, 0.2) is 30.3 Å². The van der Waals surface area contributed by atoms with Crippen LogP contribution in [-0.4, -0.2) is 60.3 Å². The number of carbonyl (C=O) groups excluding carboxylic acids is 2. The summed E-state index contributed by atoms with van der Waals surface area (Å²) in [6.45, 7) is 6.57. The van der Waals surface area contributed by atoms with Crippen LogP contribution in [0.2, 0.25) is 0 Å². The fourth-order valence-corrected chi connectivity index (χ4v) is 2.36. The minimum absolute atomic E-state index is 0.0759. The molecule has 2 amide bonds. The maximum Gasteiger partial charge on any atom is 0.490 e. The highest BCUT2D eigenvalue weighted by atomic mass is 19.4. The van der Waals surface area contributed by atoms with E-state index in [-0.39, 0.29) is 17.9 Å². The number of amides is 2. The number of nitrogens with one attached hydrogen (secondary N) is 3. The van der Waals surface area contributed by atoms with Crippen LogP contribution in [0, 0.1) is 0 Å². The van der Waals surface area contributed by atoms with Crippen molar-refractivity contribution < 1.29 is 32.7 Å². The lowest BCUT2D eigenvalue weighted by Gasteiger charge is -2.21. The smallest absolute Gasteiger partial charge is 0.475 e. The van der Waals surface area contributed by atoms with Crippen molar-refractivity contribution in [1.82, 2.24) is 16.0 Å². The molecule has 11 heteroatoms. The first-order chi connectivity index (χ1) is 14.4. The maximum atomic E-state index is 12.2. The summed E-state index contributed by atoms with van der Waals surface area (Å²) in [6.07, 6.45) is -3.78. The van der Waals surface area contributed by atoms with Crippen LogP contribution in [0.4, 0.5) is 13.2 Å². The lowest BCUT2D eigenvalue weighted by atomic mass is 10.1. The summed E-state index contributed by atoms with van der Waals surface area (Å²) in [7, 11) is 0. The molecule has 31 heavy (non-hydrogen) atoms. The van der Waals surface area contributed by atoms with Crippen LogP contribution < -0.4 is 21.7 Å². The average Bonchev–Trinajstić information content (AvgIpc) is 2.70. The number of aliphatic carboxylic acids is 1. The van der Waals surface area contributed by atoms with E-state index >= 15 is 0 Å². The summed E-state index contributed by atoms with van der Waals surface area (Å²) in [5, 5.41) is 15.8. The third kappa shape index (κ3) is 12.6. The molecule has 8 nitrogen and oxygen atoms in total. The molecular weight excluding hydrogens is 417 g/mol. The summed E-state index contributed by atoms with van der Waals surface area (Å²) in [5.41, 5.74) is 7.28. The third-order valence-electron chi connectivity index (χ3n) is 4.05. The molecule has 176 valence electrons. The van der Waals surface area contributed by atoms with Crippen molar-refractivity contribution in [3.05, 3.63) is 35.9 Å². The van der Waals surface area contributed by atoms with Crippen LogP contribution in [-0.2, 0) is 20.8 Å². The molecule has 0 fully saturated rings. The molecule has 0 saturated heterocycles. The number of carboxylic acid groups (broad SMARTS) is 1. The summed E-state index contributed by atoms with van der Waals surface area (Å²) in [6, 6.07) is 9.03. The quantitative estimate of drug-likeness (QED) is 0.365. The largest absolute Gasteiger partial charge is 0.490 e. The molecule has 0 aromatic heterocycles. The summed E-state index contributed by atoms with van der Waals surface area (Å²) < 4.78 is 31.7. The summed E-state index contributed by atoms with van der Waals surface area (Å²) in [4.78, 5) is 32.9. The van der Waals surface area contributed by atoms with E-state index in [1.54, 1.807) is 6.92 Å². The van der Waals surface area contributed by atoms with Gasteiger partial charge in [0.15, 0.2) is 0 Å². The molecule has 0 saturated carbocycles. The maximum absolute atomic E-state index is 12.2. The highest BCUT2D eigenvalue weighted by Crippen LogP contribution is 2.13. The van der Waals surface area contributed by atoms with E-state index in [2.05, 4.69) is 16.0 Å². The summed E-state index contributed by atoms with van der Waals surface area (Å²) in [5.74, 6) is -3.10. The first-order valence-corrected chi connectivity index (χ1v) is 9.83. The second-order valence-corrected chi connectivity index (χ2v) is 6.75. The minimum atomic E-state index is -5.08. The van der Waals surface area contributed by atoms with Gasteiger partial charge in [0.25, 0.3) is 0 Å². The molecule has 1 aromatic rings. The van der Waals surface area contributed by atoms with Gasteiger partial charge in [-0.3, -0.25) is 9.59 Å². The van der Waals surface area contributed by atoms with Crippen molar-refractivity contribution in [2.45, 2.75) is 57.9 Å². The average molecular weight is 448 g/mol. The Kier molecular flexibility index (Phi) is 13.1. The Labute approximate surface area is 179 Å². The second kappa shape index (κ2) is 14.4.